The van der Waals surface area contributed by atoms with Gasteiger partial charge in [0.2, 0.25) is 0 Å². The summed E-state index contributed by atoms with van der Waals surface area (Å²) in [6.45, 7) is 0.240. The van der Waals surface area contributed by atoms with Crippen LogP contribution in [0.25, 0.3) is 0 Å². The number of rotatable bonds is 2. The molecule has 0 aliphatic carbocycles. The number of hydrogen-bond donors (Lipinski definition) is 1. The fourth-order valence-electron chi connectivity index (χ4n) is 1.97. The second-order valence-corrected chi connectivity index (χ2v) is 4.27. The van der Waals surface area contributed by atoms with E-state index in [1.807, 2.05) is 0 Å². The maximum atomic E-state index is 12.9. The van der Waals surface area contributed by atoms with Gasteiger partial charge in [0.05, 0.1) is 0 Å². The number of nitrogens with one attached hydrogen (secondary N) is 1. The van der Waals surface area contributed by atoms with Crippen LogP contribution >= 0.6 is 0 Å². The molecule has 0 amide bonds. The molecule has 1 aliphatic rings. The first kappa shape index (κ1) is 13.1. The maximum absolute atomic E-state index is 12.9. The Bertz CT molecular complexity index is 407. The van der Waals surface area contributed by atoms with Crippen LogP contribution in [0.4, 0.5) is 17.6 Å². The van der Waals surface area contributed by atoms with Crippen LogP contribution in [0.3, 0.4) is 0 Å². The van der Waals surface area contributed by atoms with Crippen molar-refractivity contribution < 1.29 is 22.3 Å². The molecule has 1 fully saturated rings. The molecule has 1 heterocycles. The molecule has 1 aliphatic heterocycles. The van der Waals surface area contributed by atoms with Crippen LogP contribution in [-0.4, -0.2) is 24.9 Å². The molecule has 6 heteroatoms. The molecule has 2 rings (SSSR count). The lowest BCUT2D eigenvalue weighted by molar-refractivity contribution is -0.166. The van der Waals surface area contributed by atoms with Gasteiger partial charge < -0.3 is 10.1 Å². The van der Waals surface area contributed by atoms with Gasteiger partial charge in [-0.15, -0.1) is 0 Å². The lowest BCUT2D eigenvalue weighted by Gasteiger charge is -2.31. The quantitative estimate of drug-likeness (QED) is 0.828. The van der Waals surface area contributed by atoms with Gasteiger partial charge in [-0.2, -0.15) is 13.2 Å². The number of alkyl halides is 3. The van der Waals surface area contributed by atoms with Gasteiger partial charge in [-0.05, 0) is 25.1 Å². The molecule has 1 N–H and O–H groups in total. The third-order valence-corrected chi connectivity index (χ3v) is 2.85. The zero-order valence-corrected chi connectivity index (χ0v) is 9.51. The van der Waals surface area contributed by atoms with E-state index in [2.05, 4.69) is 5.32 Å². The Balaban J connectivity index is 1.98. The first-order valence-electron chi connectivity index (χ1n) is 5.67. The van der Waals surface area contributed by atoms with Crippen LogP contribution in [0.15, 0.2) is 24.3 Å². The average Bonchev–Trinajstić information content (AvgIpc) is 2.28. The number of piperidine rings is 1. The Morgan fingerprint density at radius 2 is 2.06 bits per heavy atom. The van der Waals surface area contributed by atoms with Crippen molar-refractivity contribution in [3.05, 3.63) is 30.1 Å². The van der Waals surface area contributed by atoms with Gasteiger partial charge in [-0.1, -0.05) is 6.07 Å². The average molecular weight is 263 g/mol. The van der Waals surface area contributed by atoms with Gasteiger partial charge in [-0.25, -0.2) is 4.39 Å². The van der Waals surface area contributed by atoms with E-state index in [4.69, 9.17) is 4.74 Å². The molecule has 2 nitrogen and oxygen atoms in total. The molecule has 2 atom stereocenters. The van der Waals surface area contributed by atoms with Gasteiger partial charge in [0.25, 0.3) is 0 Å². The number of ether oxygens (including phenoxy) is 1. The SMILES string of the molecule is Fc1cccc(O[C@@H]2CCN[C@@H](C(F)(F)F)C2)c1. The Morgan fingerprint density at radius 1 is 1.28 bits per heavy atom. The Hall–Kier alpha value is -1.30. The highest BCUT2D eigenvalue weighted by molar-refractivity contribution is 5.22. The summed E-state index contributed by atoms with van der Waals surface area (Å²) in [4.78, 5) is 0. The lowest BCUT2D eigenvalue weighted by atomic mass is 10.0. The monoisotopic (exact) mass is 263 g/mol. The molecule has 0 bridgehead atoms. The van der Waals surface area contributed by atoms with Crippen LogP contribution in [0, 0.1) is 5.82 Å². The third kappa shape index (κ3) is 3.35. The van der Waals surface area contributed by atoms with Crippen molar-refractivity contribution in [1.29, 1.82) is 0 Å². The summed E-state index contributed by atoms with van der Waals surface area (Å²) >= 11 is 0. The second-order valence-electron chi connectivity index (χ2n) is 4.27. The van der Waals surface area contributed by atoms with Crippen molar-refractivity contribution in [3.63, 3.8) is 0 Å². The van der Waals surface area contributed by atoms with Gasteiger partial charge in [0.15, 0.2) is 0 Å². The second kappa shape index (κ2) is 5.14. The van der Waals surface area contributed by atoms with Crippen molar-refractivity contribution in [2.45, 2.75) is 31.2 Å². The predicted octanol–water partition coefficient (Wildman–Crippen LogP) is 2.89. The van der Waals surface area contributed by atoms with Gasteiger partial charge >= 0.3 is 6.18 Å². The van der Waals surface area contributed by atoms with E-state index in [-0.39, 0.29) is 18.7 Å². The van der Waals surface area contributed by atoms with E-state index < -0.39 is 24.1 Å². The summed E-state index contributed by atoms with van der Waals surface area (Å²) in [5, 5.41) is 2.41. The standard InChI is InChI=1S/C12H13F4NO/c13-8-2-1-3-9(6-8)18-10-4-5-17-11(7-10)12(14,15)16/h1-3,6,10-11,17H,4-5,7H2/t10-,11-/m1/s1. The maximum Gasteiger partial charge on any atom is 0.403 e. The van der Waals surface area contributed by atoms with E-state index >= 15 is 0 Å². The topological polar surface area (TPSA) is 21.3 Å². The van der Waals surface area contributed by atoms with Crippen molar-refractivity contribution >= 4 is 0 Å². The Kier molecular flexibility index (Phi) is 3.75. The molecule has 1 saturated heterocycles. The molecule has 1 aromatic carbocycles. The summed E-state index contributed by atoms with van der Waals surface area (Å²) in [6.07, 6.45) is -4.49. The summed E-state index contributed by atoms with van der Waals surface area (Å²) < 4.78 is 55.9. The predicted molar refractivity (Wildman–Crippen MR) is 57.9 cm³/mol. The summed E-state index contributed by atoms with van der Waals surface area (Å²) in [5.41, 5.74) is 0. The van der Waals surface area contributed by atoms with E-state index in [9.17, 15) is 17.6 Å². The van der Waals surface area contributed by atoms with E-state index in [0.717, 1.165) is 0 Å². The summed E-state index contributed by atoms with van der Waals surface area (Å²) in [7, 11) is 0. The third-order valence-electron chi connectivity index (χ3n) is 2.85. The highest BCUT2D eigenvalue weighted by Crippen LogP contribution is 2.28. The number of benzene rings is 1. The first-order valence-corrected chi connectivity index (χ1v) is 5.67. The van der Waals surface area contributed by atoms with Crippen LogP contribution in [0.5, 0.6) is 5.75 Å². The minimum Gasteiger partial charge on any atom is -0.490 e. The van der Waals surface area contributed by atoms with E-state index in [1.54, 1.807) is 0 Å². The fourth-order valence-corrected chi connectivity index (χ4v) is 1.97. The minimum atomic E-state index is -4.27. The van der Waals surface area contributed by atoms with Crippen LogP contribution < -0.4 is 10.1 Å². The smallest absolute Gasteiger partial charge is 0.403 e. The van der Waals surface area contributed by atoms with Crippen LogP contribution in [0.1, 0.15) is 12.8 Å². The summed E-state index contributed by atoms with van der Waals surface area (Å²) in [6, 6.07) is 3.88. The van der Waals surface area contributed by atoms with Crippen molar-refractivity contribution in [3.8, 4) is 5.75 Å². The first-order chi connectivity index (χ1) is 8.45. The zero-order chi connectivity index (χ0) is 13.2. The molecule has 0 unspecified atom stereocenters. The zero-order valence-electron chi connectivity index (χ0n) is 9.51. The number of halogens is 4. The molecule has 0 spiro atoms. The molecule has 100 valence electrons. The lowest BCUT2D eigenvalue weighted by Crippen LogP contribution is -2.50. The minimum absolute atomic E-state index is 0.153. The molecule has 0 radical (unpaired) electrons. The molecule has 0 saturated carbocycles. The van der Waals surface area contributed by atoms with Crippen molar-refractivity contribution in [2.24, 2.45) is 0 Å². The van der Waals surface area contributed by atoms with Gasteiger partial charge in [0, 0.05) is 12.5 Å². The molecular formula is C12H13F4NO. The largest absolute Gasteiger partial charge is 0.490 e. The molecule has 1 aromatic rings. The van der Waals surface area contributed by atoms with Crippen LogP contribution in [0.2, 0.25) is 0 Å². The molecular weight excluding hydrogens is 250 g/mol. The molecule has 0 aromatic heterocycles. The van der Waals surface area contributed by atoms with Crippen LogP contribution in [-0.2, 0) is 0 Å². The Labute approximate surface area is 102 Å². The van der Waals surface area contributed by atoms with Gasteiger partial charge in [-0.3, -0.25) is 0 Å². The van der Waals surface area contributed by atoms with E-state index in [1.165, 1.54) is 24.3 Å². The highest BCUT2D eigenvalue weighted by Gasteiger charge is 2.42. The normalized spacial score (nSPS) is 24.9. The fraction of sp³-hybridized carbons (Fsp3) is 0.500. The Morgan fingerprint density at radius 3 is 2.72 bits per heavy atom. The van der Waals surface area contributed by atoms with E-state index in [0.29, 0.717) is 6.42 Å². The van der Waals surface area contributed by atoms with Crippen molar-refractivity contribution in [1.82, 2.24) is 5.32 Å². The molecule has 18 heavy (non-hydrogen) atoms. The number of hydrogen-bond acceptors (Lipinski definition) is 2. The van der Waals surface area contributed by atoms with Crippen molar-refractivity contribution in [2.75, 3.05) is 6.54 Å². The summed E-state index contributed by atoms with van der Waals surface area (Å²) in [5.74, 6) is -0.198. The highest BCUT2D eigenvalue weighted by atomic mass is 19.4. The van der Waals surface area contributed by atoms with Gasteiger partial charge in [0.1, 0.15) is 23.7 Å².